The van der Waals surface area contributed by atoms with Crippen LogP contribution >= 0.6 is 11.6 Å². The maximum absolute atomic E-state index is 12.4. The Hall–Kier alpha value is -2.93. The Kier molecular flexibility index (Phi) is 6.30. The Morgan fingerprint density at radius 1 is 1.19 bits per heavy atom. The molecule has 0 aliphatic rings. The first kappa shape index (κ1) is 19.4. The van der Waals surface area contributed by atoms with Gasteiger partial charge in [-0.25, -0.2) is 0 Å². The summed E-state index contributed by atoms with van der Waals surface area (Å²) in [5.41, 5.74) is 1.49. The fraction of sp³-hybridized carbons (Fsp3) is 0.222. The van der Waals surface area contributed by atoms with Gasteiger partial charge < -0.3 is 10.6 Å². The van der Waals surface area contributed by atoms with Crippen molar-refractivity contribution >= 4 is 34.8 Å². The normalized spacial score (nSPS) is 11.5. The van der Waals surface area contributed by atoms with Crippen molar-refractivity contribution in [2.75, 3.05) is 5.32 Å². The first-order chi connectivity index (χ1) is 12.3. The van der Waals surface area contributed by atoms with E-state index in [1.54, 1.807) is 43.3 Å². The van der Waals surface area contributed by atoms with E-state index >= 15 is 0 Å². The molecule has 26 heavy (non-hydrogen) atoms. The van der Waals surface area contributed by atoms with Crippen LogP contribution in [0.4, 0.5) is 11.4 Å². The van der Waals surface area contributed by atoms with Gasteiger partial charge in [-0.2, -0.15) is 0 Å². The number of rotatable bonds is 6. The molecular formula is C18H18ClN3O4. The number of hydrogen-bond acceptors (Lipinski definition) is 4. The fourth-order valence-electron chi connectivity index (χ4n) is 2.47. The van der Waals surface area contributed by atoms with Crippen LogP contribution in [0.5, 0.6) is 0 Å². The zero-order valence-corrected chi connectivity index (χ0v) is 15.0. The molecule has 0 fully saturated rings. The largest absolute Gasteiger partial charge is 0.349 e. The number of aryl methyl sites for hydroxylation is 1. The van der Waals surface area contributed by atoms with E-state index in [1.165, 1.54) is 13.0 Å². The lowest BCUT2D eigenvalue weighted by Crippen LogP contribution is -2.29. The van der Waals surface area contributed by atoms with Gasteiger partial charge >= 0.3 is 0 Å². The molecule has 0 saturated heterocycles. The smallest absolute Gasteiger partial charge is 0.274 e. The SMILES string of the molecule is CC(=O)NC(CC(=O)Nc1ccc(C)c([N+](=O)[O-])c1)c1ccc(Cl)cc1. The molecule has 0 aliphatic heterocycles. The summed E-state index contributed by atoms with van der Waals surface area (Å²) in [6.45, 7) is 2.99. The minimum Gasteiger partial charge on any atom is -0.349 e. The van der Waals surface area contributed by atoms with Crippen LogP contribution in [0, 0.1) is 17.0 Å². The highest BCUT2D eigenvalue weighted by molar-refractivity contribution is 6.30. The second-order valence-electron chi connectivity index (χ2n) is 5.82. The number of benzene rings is 2. The number of carbonyl (C=O) groups is 2. The lowest BCUT2D eigenvalue weighted by molar-refractivity contribution is -0.385. The van der Waals surface area contributed by atoms with Crippen molar-refractivity contribution in [1.29, 1.82) is 0 Å². The molecule has 1 unspecified atom stereocenters. The molecule has 0 spiro atoms. The Balaban J connectivity index is 2.14. The monoisotopic (exact) mass is 375 g/mol. The van der Waals surface area contributed by atoms with Crippen LogP contribution in [0.25, 0.3) is 0 Å². The fourth-order valence-corrected chi connectivity index (χ4v) is 2.60. The molecule has 0 aliphatic carbocycles. The van der Waals surface area contributed by atoms with Crippen LogP contribution in [0.2, 0.25) is 5.02 Å². The molecule has 1 atom stereocenters. The quantitative estimate of drug-likeness (QED) is 0.592. The highest BCUT2D eigenvalue weighted by Gasteiger charge is 2.18. The predicted octanol–water partition coefficient (Wildman–Crippen LogP) is 3.76. The second-order valence-corrected chi connectivity index (χ2v) is 6.25. The zero-order chi connectivity index (χ0) is 19.3. The molecule has 0 radical (unpaired) electrons. The van der Waals surface area contributed by atoms with E-state index in [4.69, 9.17) is 11.6 Å². The third kappa shape index (κ3) is 5.29. The molecule has 0 aromatic heterocycles. The summed E-state index contributed by atoms with van der Waals surface area (Å²) in [4.78, 5) is 34.3. The molecule has 2 aromatic rings. The van der Waals surface area contributed by atoms with E-state index in [2.05, 4.69) is 10.6 Å². The molecule has 0 heterocycles. The van der Waals surface area contributed by atoms with Gasteiger partial charge in [-0.1, -0.05) is 29.8 Å². The minimum atomic E-state index is -0.537. The van der Waals surface area contributed by atoms with Crippen LogP contribution in [-0.4, -0.2) is 16.7 Å². The number of nitro benzene ring substituents is 1. The Morgan fingerprint density at radius 2 is 1.85 bits per heavy atom. The van der Waals surface area contributed by atoms with Crippen LogP contribution in [0.15, 0.2) is 42.5 Å². The first-order valence-corrected chi connectivity index (χ1v) is 8.21. The minimum absolute atomic E-state index is 0.0249. The number of halogens is 1. The van der Waals surface area contributed by atoms with E-state index in [0.717, 1.165) is 5.56 Å². The van der Waals surface area contributed by atoms with Gasteiger partial charge in [-0.05, 0) is 30.7 Å². The molecule has 2 rings (SSSR count). The predicted molar refractivity (Wildman–Crippen MR) is 99.1 cm³/mol. The molecular weight excluding hydrogens is 358 g/mol. The van der Waals surface area contributed by atoms with E-state index in [9.17, 15) is 19.7 Å². The molecule has 7 nitrogen and oxygen atoms in total. The summed E-state index contributed by atoms with van der Waals surface area (Å²) in [6, 6.07) is 10.7. The summed E-state index contributed by atoms with van der Waals surface area (Å²) in [5.74, 6) is -0.652. The average Bonchev–Trinajstić information content (AvgIpc) is 2.56. The summed E-state index contributed by atoms with van der Waals surface area (Å²) >= 11 is 5.87. The van der Waals surface area contributed by atoms with E-state index in [1.807, 2.05) is 0 Å². The van der Waals surface area contributed by atoms with Crippen molar-refractivity contribution in [2.45, 2.75) is 26.3 Å². The van der Waals surface area contributed by atoms with Crippen molar-refractivity contribution in [3.8, 4) is 0 Å². The molecule has 2 N–H and O–H groups in total. The summed E-state index contributed by atoms with van der Waals surface area (Å²) in [5, 5.41) is 16.9. The number of anilines is 1. The lowest BCUT2D eigenvalue weighted by atomic mass is 10.0. The maximum Gasteiger partial charge on any atom is 0.274 e. The van der Waals surface area contributed by atoms with Gasteiger partial charge in [0.15, 0.2) is 0 Å². The molecule has 0 saturated carbocycles. The van der Waals surface area contributed by atoms with Crippen LogP contribution < -0.4 is 10.6 Å². The Bertz CT molecular complexity index is 837. The lowest BCUT2D eigenvalue weighted by Gasteiger charge is -2.18. The average molecular weight is 376 g/mol. The van der Waals surface area contributed by atoms with E-state index in [-0.39, 0.29) is 23.9 Å². The molecule has 2 amide bonds. The second kappa shape index (κ2) is 8.44. The Morgan fingerprint density at radius 3 is 2.42 bits per heavy atom. The highest BCUT2D eigenvalue weighted by Crippen LogP contribution is 2.24. The molecule has 136 valence electrons. The van der Waals surface area contributed by atoms with Gasteiger partial charge in [0.25, 0.3) is 5.69 Å². The van der Waals surface area contributed by atoms with Gasteiger partial charge in [0, 0.05) is 29.3 Å². The topological polar surface area (TPSA) is 101 Å². The van der Waals surface area contributed by atoms with Crippen LogP contribution in [0.1, 0.15) is 30.5 Å². The third-order valence-electron chi connectivity index (χ3n) is 3.73. The Labute approximate surface area is 155 Å². The van der Waals surface area contributed by atoms with Crippen molar-refractivity contribution in [3.05, 3.63) is 68.7 Å². The summed E-state index contributed by atoms with van der Waals surface area (Å²) in [7, 11) is 0. The first-order valence-electron chi connectivity index (χ1n) is 7.83. The zero-order valence-electron chi connectivity index (χ0n) is 14.3. The maximum atomic E-state index is 12.4. The van der Waals surface area contributed by atoms with Gasteiger partial charge in [-0.3, -0.25) is 19.7 Å². The van der Waals surface area contributed by atoms with Gasteiger partial charge in [0.2, 0.25) is 11.8 Å². The summed E-state index contributed by atoms with van der Waals surface area (Å²) < 4.78 is 0. The van der Waals surface area contributed by atoms with Crippen molar-refractivity contribution in [2.24, 2.45) is 0 Å². The number of amides is 2. The highest BCUT2D eigenvalue weighted by atomic mass is 35.5. The van der Waals surface area contributed by atoms with Gasteiger partial charge in [0.05, 0.1) is 17.4 Å². The number of nitro groups is 1. The molecule has 0 bridgehead atoms. The number of hydrogen-bond donors (Lipinski definition) is 2. The van der Waals surface area contributed by atoms with Crippen molar-refractivity contribution in [1.82, 2.24) is 5.32 Å². The van der Waals surface area contributed by atoms with E-state index < -0.39 is 11.0 Å². The van der Waals surface area contributed by atoms with Crippen molar-refractivity contribution in [3.63, 3.8) is 0 Å². The van der Waals surface area contributed by atoms with E-state index in [0.29, 0.717) is 16.3 Å². The van der Waals surface area contributed by atoms with Crippen LogP contribution in [0.3, 0.4) is 0 Å². The van der Waals surface area contributed by atoms with Gasteiger partial charge in [0.1, 0.15) is 0 Å². The molecule has 2 aromatic carbocycles. The third-order valence-corrected chi connectivity index (χ3v) is 3.98. The van der Waals surface area contributed by atoms with Crippen molar-refractivity contribution < 1.29 is 14.5 Å². The standard InChI is InChI=1S/C18H18ClN3O4/c1-11-3-8-15(9-17(11)22(25)26)21-18(24)10-16(20-12(2)23)13-4-6-14(19)7-5-13/h3-9,16H,10H2,1-2H3,(H,20,23)(H,21,24). The number of carbonyl (C=O) groups excluding carboxylic acids is 2. The van der Waals surface area contributed by atoms with Crippen LogP contribution in [-0.2, 0) is 9.59 Å². The summed E-state index contributed by atoms with van der Waals surface area (Å²) in [6.07, 6.45) is -0.0249. The molecule has 8 heteroatoms. The number of nitrogens with zero attached hydrogens (tertiary/aromatic N) is 1. The van der Waals surface area contributed by atoms with Gasteiger partial charge in [-0.15, -0.1) is 0 Å². The number of nitrogens with one attached hydrogen (secondary N) is 2.